The maximum absolute atomic E-state index is 13.2. The Bertz CT molecular complexity index is 617. The molecule has 0 fully saturated rings. The molecule has 2 aromatic rings. The third-order valence-electron chi connectivity index (χ3n) is 2.80. The highest BCUT2D eigenvalue weighted by Crippen LogP contribution is 2.24. The lowest BCUT2D eigenvalue weighted by Crippen LogP contribution is -2.06. The number of anilines is 2. The Morgan fingerprint density at radius 2 is 1.95 bits per heavy atom. The van der Waals surface area contributed by atoms with E-state index in [1.54, 1.807) is 18.2 Å². The number of rotatable bonds is 4. The van der Waals surface area contributed by atoms with E-state index in [2.05, 4.69) is 11.4 Å². The summed E-state index contributed by atoms with van der Waals surface area (Å²) < 4.78 is 13.2. The van der Waals surface area contributed by atoms with Crippen molar-refractivity contribution in [2.75, 3.05) is 11.9 Å². The van der Waals surface area contributed by atoms with Crippen molar-refractivity contribution in [1.29, 1.82) is 5.26 Å². The third-order valence-corrected chi connectivity index (χ3v) is 2.80. The lowest BCUT2D eigenvalue weighted by molar-refractivity contribution is 0.625. The van der Waals surface area contributed by atoms with Crippen molar-refractivity contribution < 1.29 is 4.39 Å². The van der Waals surface area contributed by atoms with E-state index < -0.39 is 0 Å². The van der Waals surface area contributed by atoms with E-state index in [-0.39, 0.29) is 5.82 Å². The Balaban J connectivity index is 2.35. The van der Waals surface area contributed by atoms with Crippen LogP contribution >= 0.6 is 0 Å². The summed E-state index contributed by atoms with van der Waals surface area (Å²) >= 11 is 0. The second kappa shape index (κ2) is 5.98. The molecular weight excluding hydrogens is 241 g/mol. The van der Waals surface area contributed by atoms with Gasteiger partial charge in [-0.25, -0.2) is 4.39 Å². The largest absolute Gasteiger partial charge is 0.354 e. The van der Waals surface area contributed by atoms with E-state index in [4.69, 9.17) is 11.0 Å². The molecule has 96 valence electrons. The summed E-state index contributed by atoms with van der Waals surface area (Å²) in [6, 6.07) is 13.8. The predicted molar refractivity (Wildman–Crippen MR) is 73.6 cm³/mol. The molecule has 3 nitrogen and oxygen atoms in total. The zero-order valence-electron chi connectivity index (χ0n) is 10.4. The summed E-state index contributed by atoms with van der Waals surface area (Å²) in [5, 5.41) is 12.2. The molecule has 0 spiro atoms. The zero-order valence-corrected chi connectivity index (χ0v) is 10.4. The zero-order chi connectivity index (χ0) is 13.7. The summed E-state index contributed by atoms with van der Waals surface area (Å²) in [5.41, 5.74) is 8.35. The van der Waals surface area contributed by atoms with Crippen LogP contribution in [0.5, 0.6) is 0 Å². The van der Waals surface area contributed by atoms with E-state index >= 15 is 0 Å². The normalized spacial score (nSPS) is 9.95. The quantitative estimate of drug-likeness (QED) is 0.883. The van der Waals surface area contributed by atoms with Gasteiger partial charge in [0.1, 0.15) is 11.9 Å². The average Bonchev–Trinajstić information content (AvgIpc) is 2.43. The Kier molecular flexibility index (Phi) is 4.11. The summed E-state index contributed by atoms with van der Waals surface area (Å²) in [5.74, 6) is -0.289. The summed E-state index contributed by atoms with van der Waals surface area (Å²) in [6.45, 7) is 0.442. The molecule has 0 atom stereocenters. The van der Waals surface area contributed by atoms with Crippen LogP contribution in [-0.4, -0.2) is 6.54 Å². The number of hydrogen-bond donors (Lipinski definition) is 2. The Morgan fingerprint density at radius 3 is 2.68 bits per heavy atom. The number of para-hydroxylation sites is 1. The summed E-state index contributed by atoms with van der Waals surface area (Å²) in [4.78, 5) is 0. The van der Waals surface area contributed by atoms with Gasteiger partial charge < -0.3 is 11.1 Å². The first-order valence-electron chi connectivity index (χ1n) is 5.99. The first kappa shape index (κ1) is 13.1. The van der Waals surface area contributed by atoms with Crippen LogP contribution in [0.1, 0.15) is 11.1 Å². The van der Waals surface area contributed by atoms with E-state index in [0.29, 0.717) is 24.2 Å². The SMILES string of the molecule is N#Cc1ccccc1Nc1ccc(F)cc1CCN. The molecule has 0 bridgehead atoms. The van der Waals surface area contributed by atoms with Crippen LogP contribution in [0.3, 0.4) is 0 Å². The van der Waals surface area contributed by atoms with Crippen LogP contribution in [-0.2, 0) is 6.42 Å². The highest BCUT2D eigenvalue weighted by molar-refractivity contribution is 5.68. The van der Waals surface area contributed by atoms with E-state index in [1.807, 2.05) is 12.1 Å². The fraction of sp³-hybridized carbons (Fsp3) is 0.133. The molecular formula is C15H14FN3. The molecule has 0 saturated carbocycles. The van der Waals surface area contributed by atoms with Crippen LogP contribution in [0, 0.1) is 17.1 Å². The van der Waals surface area contributed by atoms with Crippen LogP contribution < -0.4 is 11.1 Å². The van der Waals surface area contributed by atoms with Gasteiger partial charge in [0.2, 0.25) is 0 Å². The minimum Gasteiger partial charge on any atom is -0.354 e. The molecule has 0 aliphatic heterocycles. The molecule has 0 radical (unpaired) electrons. The number of hydrogen-bond acceptors (Lipinski definition) is 3. The monoisotopic (exact) mass is 255 g/mol. The third kappa shape index (κ3) is 3.09. The predicted octanol–water partition coefficient (Wildman–Crippen LogP) is 2.94. The first-order chi connectivity index (χ1) is 9.24. The molecule has 3 N–H and O–H groups in total. The molecule has 0 aromatic heterocycles. The minimum atomic E-state index is -0.289. The summed E-state index contributed by atoms with van der Waals surface area (Å²) in [7, 11) is 0. The fourth-order valence-electron chi connectivity index (χ4n) is 1.88. The maximum atomic E-state index is 13.2. The van der Waals surface area contributed by atoms with Crippen LogP contribution in [0.15, 0.2) is 42.5 Å². The van der Waals surface area contributed by atoms with Crippen LogP contribution in [0.25, 0.3) is 0 Å². The lowest BCUT2D eigenvalue weighted by Gasteiger charge is -2.12. The van der Waals surface area contributed by atoms with Gasteiger partial charge >= 0.3 is 0 Å². The van der Waals surface area contributed by atoms with Crippen LogP contribution in [0.2, 0.25) is 0 Å². The number of nitriles is 1. The molecule has 0 aliphatic rings. The number of nitrogens with zero attached hydrogens (tertiary/aromatic N) is 1. The molecule has 2 rings (SSSR count). The number of nitrogens with two attached hydrogens (primary N) is 1. The maximum Gasteiger partial charge on any atom is 0.123 e. The van der Waals surface area contributed by atoms with Gasteiger partial charge in [0.05, 0.1) is 11.3 Å². The Morgan fingerprint density at radius 1 is 1.16 bits per heavy atom. The van der Waals surface area contributed by atoms with Gasteiger partial charge in [-0.15, -0.1) is 0 Å². The lowest BCUT2D eigenvalue weighted by atomic mass is 10.1. The molecule has 0 heterocycles. The van der Waals surface area contributed by atoms with Crippen molar-refractivity contribution in [3.05, 3.63) is 59.4 Å². The topological polar surface area (TPSA) is 61.8 Å². The highest BCUT2D eigenvalue weighted by Gasteiger charge is 2.06. The van der Waals surface area contributed by atoms with Crippen molar-refractivity contribution >= 4 is 11.4 Å². The molecule has 4 heteroatoms. The average molecular weight is 255 g/mol. The second-order valence-electron chi connectivity index (χ2n) is 4.12. The van der Waals surface area contributed by atoms with Gasteiger partial charge in [-0.2, -0.15) is 5.26 Å². The van der Waals surface area contributed by atoms with Crippen molar-refractivity contribution in [2.45, 2.75) is 6.42 Å². The molecule has 2 aromatic carbocycles. The molecule has 0 saturated heterocycles. The van der Waals surface area contributed by atoms with E-state index in [1.165, 1.54) is 12.1 Å². The van der Waals surface area contributed by atoms with Crippen molar-refractivity contribution in [1.82, 2.24) is 0 Å². The van der Waals surface area contributed by atoms with E-state index in [9.17, 15) is 4.39 Å². The number of nitrogens with one attached hydrogen (secondary N) is 1. The van der Waals surface area contributed by atoms with Crippen molar-refractivity contribution in [2.24, 2.45) is 5.73 Å². The van der Waals surface area contributed by atoms with Crippen molar-refractivity contribution in [3.63, 3.8) is 0 Å². The summed E-state index contributed by atoms with van der Waals surface area (Å²) in [6.07, 6.45) is 0.578. The molecule has 0 aliphatic carbocycles. The van der Waals surface area contributed by atoms with E-state index in [0.717, 1.165) is 11.3 Å². The van der Waals surface area contributed by atoms with Gasteiger partial charge in [-0.3, -0.25) is 0 Å². The standard InChI is InChI=1S/C15H14FN3/c16-13-5-6-15(11(9-13)7-8-17)19-14-4-2-1-3-12(14)10-18/h1-6,9,19H,7-8,17H2. The number of benzene rings is 2. The first-order valence-corrected chi connectivity index (χ1v) is 5.99. The number of halogens is 1. The Hall–Kier alpha value is -2.38. The van der Waals surface area contributed by atoms with Gasteiger partial charge in [0.25, 0.3) is 0 Å². The Labute approximate surface area is 111 Å². The molecule has 19 heavy (non-hydrogen) atoms. The molecule has 0 amide bonds. The van der Waals surface area contributed by atoms with Crippen LogP contribution in [0.4, 0.5) is 15.8 Å². The highest BCUT2D eigenvalue weighted by atomic mass is 19.1. The second-order valence-corrected chi connectivity index (χ2v) is 4.12. The fourth-order valence-corrected chi connectivity index (χ4v) is 1.88. The smallest absolute Gasteiger partial charge is 0.123 e. The van der Waals surface area contributed by atoms with Gasteiger partial charge in [0.15, 0.2) is 0 Å². The molecule has 0 unspecified atom stereocenters. The van der Waals surface area contributed by atoms with Crippen molar-refractivity contribution in [3.8, 4) is 6.07 Å². The van der Waals surface area contributed by atoms with Gasteiger partial charge in [0, 0.05) is 5.69 Å². The minimum absolute atomic E-state index is 0.289. The van der Waals surface area contributed by atoms with Gasteiger partial charge in [-0.05, 0) is 48.9 Å². The van der Waals surface area contributed by atoms with Gasteiger partial charge in [-0.1, -0.05) is 12.1 Å².